The molecule has 1 aromatic heterocycles. The number of non-ortho nitro benzene ring substituents is 1. The first-order valence-corrected chi connectivity index (χ1v) is 14.3. The van der Waals surface area contributed by atoms with Gasteiger partial charge in [0.05, 0.1) is 21.9 Å². The van der Waals surface area contributed by atoms with E-state index in [0.29, 0.717) is 29.1 Å². The lowest BCUT2D eigenvalue weighted by atomic mass is 9.98. The van der Waals surface area contributed by atoms with Crippen molar-refractivity contribution in [2.45, 2.75) is 32.1 Å². The molecule has 2 aliphatic heterocycles. The fourth-order valence-corrected chi connectivity index (χ4v) is 5.54. The molecule has 0 saturated carbocycles. The lowest BCUT2D eigenvalue weighted by Gasteiger charge is -2.25. The van der Waals surface area contributed by atoms with Gasteiger partial charge < -0.3 is 26.3 Å². The predicted octanol–water partition coefficient (Wildman–Crippen LogP) is 5.80. The molecule has 0 bridgehead atoms. The summed E-state index contributed by atoms with van der Waals surface area (Å²) >= 11 is 0. The van der Waals surface area contributed by atoms with Crippen LogP contribution >= 0.6 is 0 Å². The summed E-state index contributed by atoms with van der Waals surface area (Å²) in [5, 5.41) is 17.8. The minimum atomic E-state index is -0.454. The number of piperidine rings is 1. The third kappa shape index (κ3) is 5.61. The number of aromatic amines is 1. The van der Waals surface area contributed by atoms with Gasteiger partial charge in [0, 0.05) is 53.9 Å². The van der Waals surface area contributed by atoms with Crippen LogP contribution in [0.15, 0.2) is 72.9 Å². The van der Waals surface area contributed by atoms with Gasteiger partial charge in [-0.3, -0.25) is 14.9 Å². The number of aromatic nitrogens is 2. The van der Waals surface area contributed by atoms with E-state index in [4.69, 9.17) is 10.7 Å². The van der Waals surface area contributed by atoms with Crippen molar-refractivity contribution in [3.63, 3.8) is 0 Å². The van der Waals surface area contributed by atoms with E-state index in [1.165, 1.54) is 31.4 Å². The first-order valence-electron chi connectivity index (χ1n) is 14.3. The predicted molar refractivity (Wildman–Crippen MR) is 166 cm³/mol. The monoisotopic (exact) mass is 563 g/mol. The van der Waals surface area contributed by atoms with Gasteiger partial charge in [0.15, 0.2) is 0 Å². The highest BCUT2D eigenvalue weighted by molar-refractivity contribution is 6.37. The summed E-state index contributed by atoms with van der Waals surface area (Å²) in [6.45, 7) is 2.64. The van der Waals surface area contributed by atoms with Crippen molar-refractivity contribution in [1.82, 2.24) is 9.97 Å². The molecule has 0 atom stereocenters. The van der Waals surface area contributed by atoms with Crippen molar-refractivity contribution in [3.8, 4) is 11.3 Å². The molecule has 0 spiro atoms. The molecule has 42 heavy (non-hydrogen) atoms. The van der Waals surface area contributed by atoms with E-state index in [9.17, 15) is 14.9 Å². The topological polar surface area (TPSA) is 142 Å². The van der Waals surface area contributed by atoms with E-state index < -0.39 is 4.92 Å². The second-order valence-electron chi connectivity index (χ2n) is 10.6. The van der Waals surface area contributed by atoms with Crippen LogP contribution < -0.4 is 21.3 Å². The van der Waals surface area contributed by atoms with E-state index in [0.717, 1.165) is 60.0 Å². The van der Waals surface area contributed by atoms with Crippen LogP contribution in [-0.2, 0) is 11.2 Å². The molecule has 10 nitrogen and oxygen atoms in total. The highest BCUT2D eigenvalue weighted by atomic mass is 16.6. The van der Waals surface area contributed by atoms with Gasteiger partial charge in [-0.2, -0.15) is 0 Å². The maximum atomic E-state index is 13.3. The van der Waals surface area contributed by atoms with Crippen molar-refractivity contribution in [2.75, 3.05) is 35.2 Å². The molecule has 214 valence electrons. The second kappa shape index (κ2) is 11.9. The molecular formula is C32H33N7O3. The number of benzene rings is 3. The van der Waals surface area contributed by atoms with E-state index in [1.54, 1.807) is 6.07 Å². The lowest BCUT2D eigenvalue weighted by molar-refractivity contribution is -0.384. The number of imidazole rings is 1. The maximum Gasteiger partial charge on any atom is 0.270 e. The Kier molecular flexibility index (Phi) is 7.70. The Hall–Kier alpha value is -4.96. The number of aryl methyl sites for hydroxylation is 1. The van der Waals surface area contributed by atoms with E-state index in [2.05, 4.69) is 20.5 Å². The minimum absolute atomic E-state index is 0.0773. The number of carbonyl (C=O) groups is 1. The van der Waals surface area contributed by atoms with Crippen LogP contribution in [0.2, 0.25) is 0 Å². The molecule has 0 unspecified atom stereocenters. The molecule has 10 heteroatoms. The quantitative estimate of drug-likeness (QED) is 0.115. The summed E-state index contributed by atoms with van der Waals surface area (Å²) in [4.78, 5) is 34.8. The third-order valence-electron chi connectivity index (χ3n) is 7.79. The number of anilines is 3. The fraction of sp³-hybridized carbons (Fsp3) is 0.250. The van der Waals surface area contributed by atoms with Gasteiger partial charge in [0.25, 0.3) is 11.6 Å². The number of rotatable bonds is 9. The van der Waals surface area contributed by atoms with E-state index in [-0.39, 0.29) is 11.6 Å². The number of hydrogen-bond donors (Lipinski definition) is 4. The van der Waals surface area contributed by atoms with Crippen molar-refractivity contribution >= 4 is 40.2 Å². The van der Waals surface area contributed by atoms with Crippen molar-refractivity contribution in [2.24, 2.45) is 5.73 Å². The highest BCUT2D eigenvalue weighted by Gasteiger charge is 2.30. The summed E-state index contributed by atoms with van der Waals surface area (Å²) in [7, 11) is 0. The number of H-pyrrole nitrogens is 1. The number of nitro benzene ring substituents is 1. The molecule has 1 fully saturated rings. The number of nitrogens with two attached hydrogens (primary N) is 1. The van der Waals surface area contributed by atoms with Crippen LogP contribution in [0.4, 0.5) is 23.0 Å². The van der Waals surface area contributed by atoms with E-state index >= 15 is 0 Å². The Bertz CT molecular complexity index is 1640. The summed E-state index contributed by atoms with van der Waals surface area (Å²) in [5.41, 5.74) is 12.1. The van der Waals surface area contributed by atoms with Crippen molar-refractivity contribution in [3.05, 3.63) is 99.7 Å². The van der Waals surface area contributed by atoms with Gasteiger partial charge in [-0.25, -0.2) is 4.98 Å². The molecule has 0 radical (unpaired) electrons. The van der Waals surface area contributed by atoms with Gasteiger partial charge in [0.2, 0.25) is 5.95 Å². The number of carbonyl (C=O) groups excluding carboxylic acids is 1. The zero-order valence-corrected chi connectivity index (χ0v) is 23.2. The Morgan fingerprint density at radius 1 is 1.02 bits per heavy atom. The molecule has 3 heterocycles. The molecular weight excluding hydrogens is 530 g/mol. The Balaban J connectivity index is 1.34. The summed E-state index contributed by atoms with van der Waals surface area (Å²) in [6.07, 6.45) is 7.30. The van der Waals surface area contributed by atoms with E-state index in [1.807, 2.05) is 54.7 Å². The normalized spacial score (nSPS) is 15.7. The number of nitro groups is 1. The van der Waals surface area contributed by atoms with Gasteiger partial charge in [-0.1, -0.05) is 36.4 Å². The molecule has 6 rings (SSSR count). The summed E-state index contributed by atoms with van der Waals surface area (Å²) < 4.78 is 0. The lowest BCUT2D eigenvalue weighted by Crippen LogP contribution is -2.30. The molecule has 0 aliphatic carbocycles. The molecule has 5 N–H and O–H groups in total. The van der Waals surface area contributed by atoms with Gasteiger partial charge >= 0.3 is 0 Å². The Morgan fingerprint density at radius 2 is 1.79 bits per heavy atom. The maximum absolute atomic E-state index is 13.3. The Morgan fingerprint density at radius 3 is 2.50 bits per heavy atom. The number of hydrogen-bond acceptors (Lipinski definition) is 7. The second-order valence-corrected chi connectivity index (χ2v) is 10.6. The summed E-state index contributed by atoms with van der Waals surface area (Å²) in [6, 6.07) is 20.3. The standard InChI is InChI=1S/C32H33N7O3/c33-16-4-5-21-6-8-23(9-7-21)30(29-26-19-25(39(41)42)14-15-27(26)36-31(29)40)35-24-12-10-22(11-13-24)28-20-34-32(37-28)38-17-2-1-3-18-38/h6-15,19-20,35H,1-5,16-18,33H2,(H,34,37)(H,36,40). The Labute approximate surface area is 243 Å². The number of amides is 1. The van der Waals surface area contributed by atoms with Crippen LogP contribution in [0.3, 0.4) is 0 Å². The van der Waals surface area contributed by atoms with Gasteiger partial charge in [0.1, 0.15) is 0 Å². The largest absolute Gasteiger partial charge is 0.354 e. The molecule has 1 amide bonds. The van der Waals surface area contributed by atoms with Crippen LogP contribution in [0, 0.1) is 10.1 Å². The number of nitrogens with one attached hydrogen (secondary N) is 3. The van der Waals surface area contributed by atoms with Crippen molar-refractivity contribution < 1.29 is 9.72 Å². The smallest absolute Gasteiger partial charge is 0.270 e. The van der Waals surface area contributed by atoms with Crippen LogP contribution in [0.5, 0.6) is 0 Å². The van der Waals surface area contributed by atoms with Crippen molar-refractivity contribution in [1.29, 1.82) is 0 Å². The molecule has 3 aromatic carbocycles. The average molecular weight is 564 g/mol. The van der Waals surface area contributed by atoms with Gasteiger partial charge in [-0.15, -0.1) is 0 Å². The zero-order valence-electron chi connectivity index (χ0n) is 23.2. The van der Waals surface area contributed by atoms with Crippen LogP contribution in [-0.4, -0.2) is 40.4 Å². The third-order valence-corrected chi connectivity index (χ3v) is 7.79. The molecule has 2 aliphatic rings. The molecule has 4 aromatic rings. The number of fused-ring (bicyclic) bond motifs is 1. The minimum Gasteiger partial charge on any atom is -0.354 e. The fourth-order valence-electron chi connectivity index (χ4n) is 5.54. The molecule has 1 saturated heterocycles. The SMILES string of the molecule is NCCCc1ccc(C(Nc2ccc(-c3c[nH]c(N4CCCCC4)n3)cc2)=C2C(=O)Nc3ccc([N+](=O)[O-])cc32)cc1. The highest BCUT2D eigenvalue weighted by Crippen LogP contribution is 2.39. The first-order chi connectivity index (χ1) is 20.5. The average Bonchev–Trinajstić information content (AvgIpc) is 3.64. The zero-order chi connectivity index (χ0) is 29.1. The van der Waals surface area contributed by atoms with Crippen LogP contribution in [0.1, 0.15) is 42.4 Å². The number of nitrogens with zero attached hydrogens (tertiary/aromatic N) is 3. The first kappa shape index (κ1) is 27.2. The van der Waals surface area contributed by atoms with Crippen LogP contribution in [0.25, 0.3) is 22.5 Å². The van der Waals surface area contributed by atoms with Gasteiger partial charge in [-0.05, 0) is 68.0 Å². The summed E-state index contributed by atoms with van der Waals surface area (Å²) in [5.74, 6) is 0.576.